The third-order valence-corrected chi connectivity index (χ3v) is 4.05. The maximum atomic E-state index is 9.44. The Morgan fingerprint density at radius 2 is 2.05 bits per heavy atom. The first kappa shape index (κ1) is 13.7. The van der Waals surface area contributed by atoms with Crippen LogP contribution in [0.1, 0.15) is 22.7 Å². The minimum atomic E-state index is -0.263. The summed E-state index contributed by atoms with van der Waals surface area (Å²) in [5.41, 5.74) is 4.89. The minimum absolute atomic E-state index is 0.263. The molecule has 3 heteroatoms. The quantitative estimate of drug-likeness (QED) is 0.933. The summed E-state index contributed by atoms with van der Waals surface area (Å²) in [4.78, 5) is 2.26. The van der Waals surface area contributed by atoms with E-state index in [0.29, 0.717) is 6.54 Å². The minimum Gasteiger partial charge on any atom is -0.374 e. The molecule has 1 heterocycles. The largest absolute Gasteiger partial charge is 0.374 e. The lowest BCUT2D eigenvalue weighted by Gasteiger charge is -2.15. The molecule has 0 saturated carbocycles. The highest BCUT2D eigenvalue weighted by molar-refractivity contribution is 5.59. The highest BCUT2D eigenvalue weighted by atomic mass is 15.1. The number of hydrogen-bond acceptors (Lipinski definition) is 3. The van der Waals surface area contributed by atoms with Crippen LogP contribution >= 0.6 is 0 Å². The smallest absolute Gasteiger partial charge is 0.121 e. The number of fused-ring (bicyclic) bond motifs is 1. The predicted octanol–water partition coefficient (Wildman–Crippen LogP) is 3.03. The van der Waals surface area contributed by atoms with Crippen LogP contribution in [-0.2, 0) is 13.0 Å². The van der Waals surface area contributed by atoms with E-state index in [1.165, 1.54) is 16.8 Å². The van der Waals surface area contributed by atoms with Crippen molar-refractivity contribution < 1.29 is 0 Å². The van der Waals surface area contributed by atoms with Gasteiger partial charge in [0.2, 0.25) is 0 Å². The average Bonchev–Trinajstić information content (AvgIpc) is 2.90. The Kier molecular flexibility index (Phi) is 3.89. The monoisotopic (exact) mass is 277 g/mol. The number of anilines is 1. The standard InChI is InChI=1S/C18H19N3/c1-21-10-9-16-11-15(7-8-18(16)21)17(12-19)20-13-14-5-3-2-4-6-14/h2-8,11,17,20H,9-10,13H2,1H3. The zero-order valence-corrected chi connectivity index (χ0v) is 12.2. The SMILES string of the molecule is CN1CCc2cc(C(C#N)NCc3ccccc3)ccc21. The number of rotatable bonds is 4. The first-order valence-electron chi connectivity index (χ1n) is 7.29. The van der Waals surface area contributed by atoms with E-state index >= 15 is 0 Å². The second-order valence-electron chi connectivity index (χ2n) is 5.49. The maximum absolute atomic E-state index is 9.44. The molecule has 1 N–H and O–H groups in total. The van der Waals surface area contributed by atoms with Gasteiger partial charge in [-0.05, 0) is 29.2 Å². The lowest BCUT2D eigenvalue weighted by molar-refractivity contribution is 0.630. The summed E-state index contributed by atoms with van der Waals surface area (Å²) in [5.74, 6) is 0. The van der Waals surface area contributed by atoms with Crippen molar-refractivity contribution in [3.63, 3.8) is 0 Å². The topological polar surface area (TPSA) is 39.1 Å². The van der Waals surface area contributed by atoms with E-state index in [0.717, 1.165) is 18.5 Å². The van der Waals surface area contributed by atoms with Crippen LogP contribution in [-0.4, -0.2) is 13.6 Å². The first-order chi connectivity index (χ1) is 10.3. The second kappa shape index (κ2) is 5.99. The van der Waals surface area contributed by atoms with Gasteiger partial charge in [-0.1, -0.05) is 42.5 Å². The van der Waals surface area contributed by atoms with Crippen LogP contribution in [0.15, 0.2) is 48.5 Å². The van der Waals surface area contributed by atoms with Gasteiger partial charge < -0.3 is 4.90 Å². The van der Waals surface area contributed by atoms with Gasteiger partial charge >= 0.3 is 0 Å². The van der Waals surface area contributed by atoms with Crippen molar-refractivity contribution in [2.24, 2.45) is 0 Å². The highest BCUT2D eigenvalue weighted by Crippen LogP contribution is 2.29. The molecule has 0 spiro atoms. The van der Waals surface area contributed by atoms with Gasteiger partial charge in [-0.15, -0.1) is 0 Å². The van der Waals surface area contributed by atoms with Crippen molar-refractivity contribution in [3.8, 4) is 6.07 Å². The fourth-order valence-corrected chi connectivity index (χ4v) is 2.82. The lowest BCUT2D eigenvalue weighted by Crippen LogP contribution is -2.19. The van der Waals surface area contributed by atoms with Crippen molar-refractivity contribution in [1.29, 1.82) is 5.26 Å². The van der Waals surface area contributed by atoms with Crippen LogP contribution in [0.5, 0.6) is 0 Å². The van der Waals surface area contributed by atoms with E-state index < -0.39 is 0 Å². The van der Waals surface area contributed by atoms with Gasteiger partial charge in [-0.2, -0.15) is 5.26 Å². The van der Waals surface area contributed by atoms with Crippen molar-refractivity contribution in [2.45, 2.75) is 19.0 Å². The van der Waals surface area contributed by atoms with Crippen molar-refractivity contribution in [1.82, 2.24) is 5.32 Å². The molecule has 0 saturated heterocycles. The van der Waals surface area contributed by atoms with Gasteiger partial charge in [0.15, 0.2) is 0 Å². The van der Waals surface area contributed by atoms with Crippen LogP contribution in [0, 0.1) is 11.3 Å². The Morgan fingerprint density at radius 3 is 2.81 bits per heavy atom. The zero-order valence-electron chi connectivity index (χ0n) is 12.2. The molecule has 0 amide bonds. The Hall–Kier alpha value is -2.31. The summed E-state index contributed by atoms with van der Waals surface area (Å²) in [6.07, 6.45) is 1.07. The van der Waals surface area contributed by atoms with E-state index in [1.807, 2.05) is 18.2 Å². The van der Waals surface area contributed by atoms with Gasteiger partial charge in [0, 0.05) is 25.8 Å². The van der Waals surface area contributed by atoms with E-state index in [4.69, 9.17) is 0 Å². The number of nitriles is 1. The molecule has 2 aromatic carbocycles. The molecule has 3 nitrogen and oxygen atoms in total. The Bertz CT molecular complexity index is 658. The third-order valence-electron chi connectivity index (χ3n) is 4.05. The molecule has 0 fully saturated rings. The second-order valence-corrected chi connectivity index (χ2v) is 5.49. The van der Waals surface area contributed by atoms with Crippen LogP contribution in [0.3, 0.4) is 0 Å². The molecule has 0 aromatic heterocycles. The molecule has 1 atom stereocenters. The summed E-state index contributed by atoms with van der Waals surface area (Å²) in [5, 5.41) is 12.8. The van der Waals surface area contributed by atoms with Gasteiger partial charge in [-0.25, -0.2) is 0 Å². The number of hydrogen-bond donors (Lipinski definition) is 1. The molecule has 2 aromatic rings. The fourth-order valence-electron chi connectivity index (χ4n) is 2.82. The summed E-state index contributed by atoms with van der Waals surface area (Å²) in [7, 11) is 2.11. The highest BCUT2D eigenvalue weighted by Gasteiger charge is 2.18. The zero-order chi connectivity index (χ0) is 14.7. The van der Waals surface area contributed by atoms with E-state index in [1.54, 1.807) is 0 Å². The number of benzene rings is 2. The van der Waals surface area contributed by atoms with Crippen molar-refractivity contribution in [3.05, 3.63) is 65.2 Å². The van der Waals surface area contributed by atoms with E-state index in [9.17, 15) is 5.26 Å². The van der Waals surface area contributed by atoms with Gasteiger partial charge in [0.25, 0.3) is 0 Å². The normalized spacial score (nSPS) is 14.6. The van der Waals surface area contributed by atoms with Gasteiger partial charge in [-0.3, -0.25) is 5.32 Å². The summed E-state index contributed by atoms with van der Waals surface area (Å²) >= 11 is 0. The van der Waals surface area contributed by atoms with E-state index in [-0.39, 0.29) is 6.04 Å². The van der Waals surface area contributed by atoms with Crippen LogP contribution in [0.2, 0.25) is 0 Å². The molecular weight excluding hydrogens is 258 g/mol. The first-order valence-corrected chi connectivity index (χ1v) is 7.29. The molecular formula is C18H19N3. The average molecular weight is 277 g/mol. The predicted molar refractivity (Wildman–Crippen MR) is 85.1 cm³/mol. The number of nitrogens with zero attached hydrogens (tertiary/aromatic N) is 2. The molecule has 1 aliphatic heterocycles. The molecule has 0 bridgehead atoms. The maximum Gasteiger partial charge on any atom is 0.121 e. The van der Waals surface area contributed by atoms with E-state index in [2.05, 4.69) is 53.7 Å². The van der Waals surface area contributed by atoms with Crippen molar-refractivity contribution in [2.75, 3.05) is 18.5 Å². The summed E-state index contributed by atoms with van der Waals surface area (Å²) in [6.45, 7) is 1.77. The molecule has 106 valence electrons. The number of likely N-dealkylation sites (N-methyl/N-ethyl adjacent to an activating group) is 1. The molecule has 1 aliphatic rings. The molecule has 3 rings (SSSR count). The molecule has 21 heavy (non-hydrogen) atoms. The van der Waals surface area contributed by atoms with Crippen molar-refractivity contribution >= 4 is 5.69 Å². The third kappa shape index (κ3) is 2.91. The van der Waals surface area contributed by atoms with Gasteiger partial charge in [0.1, 0.15) is 6.04 Å². The Balaban J connectivity index is 1.74. The molecule has 1 unspecified atom stereocenters. The Morgan fingerprint density at radius 1 is 1.24 bits per heavy atom. The van der Waals surface area contributed by atoms with Gasteiger partial charge in [0.05, 0.1) is 6.07 Å². The van der Waals surface area contributed by atoms with Crippen LogP contribution < -0.4 is 10.2 Å². The molecule has 0 radical (unpaired) electrons. The fraction of sp³-hybridized carbons (Fsp3) is 0.278. The Labute approximate surface area is 125 Å². The number of nitrogens with one attached hydrogen (secondary N) is 1. The molecule has 0 aliphatic carbocycles. The van der Waals surface area contributed by atoms with Crippen LogP contribution in [0.4, 0.5) is 5.69 Å². The summed E-state index contributed by atoms with van der Waals surface area (Å²) in [6, 6.07) is 18.6. The lowest BCUT2D eigenvalue weighted by atomic mass is 10.0. The van der Waals surface area contributed by atoms with Crippen LogP contribution in [0.25, 0.3) is 0 Å². The summed E-state index contributed by atoms with van der Waals surface area (Å²) < 4.78 is 0.